The fourth-order valence-corrected chi connectivity index (χ4v) is 1.47. The lowest BCUT2D eigenvalue weighted by atomic mass is 10.1. The van der Waals surface area contributed by atoms with E-state index < -0.39 is 6.04 Å². The van der Waals surface area contributed by atoms with Crippen molar-refractivity contribution in [1.82, 2.24) is 5.32 Å². The monoisotopic (exact) mass is 182 g/mol. The van der Waals surface area contributed by atoms with Crippen LogP contribution < -0.4 is 11.1 Å². The molecule has 1 unspecified atom stereocenters. The summed E-state index contributed by atoms with van der Waals surface area (Å²) in [4.78, 5) is 11.1. The minimum absolute atomic E-state index is 0.0569. The second-order valence-corrected chi connectivity index (χ2v) is 3.58. The first-order valence-electron chi connectivity index (χ1n) is 4.91. The number of carbonyl (C=O) groups excluding carboxylic acids is 1. The summed E-state index contributed by atoms with van der Waals surface area (Å²) in [5.74, 6) is -0.0569. The molecule has 0 saturated heterocycles. The van der Waals surface area contributed by atoms with Crippen molar-refractivity contribution in [2.45, 2.75) is 38.6 Å². The van der Waals surface area contributed by atoms with E-state index in [0.29, 0.717) is 0 Å². The maximum atomic E-state index is 11.1. The predicted molar refractivity (Wildman–Crippen MR) is 53.2 cm³/mol. The van der Waals surface area contributed by atoms with E-state index in [-0.39, 0.29) is 5.91 Å². The number of rotatable bonds is 4. The Kier molecular flexibility index (Phi) is 3.96. The third kappa shape index (κ3) is 3.59. The summed E-state index contributed by atoms with van der Waals surface area (Å²) in [6.45, 7) is 2.43. The van der Waals surface area contributed by atoms with Crippen LogP contribution in [0.4, 0.5) is 0 Å². The van der Waals surface area contributed by atoms with E-state index in [1.54, 1.807) is 6.92 Å². The summed E-state index contributed by atoms with van der Waals surface area (Å²) >= 11 is 0. The average molecular weight is 182 g/mol. The minimum Gasteiger partial charge on any atom is -0.354 e. The van der Waals surface area contributed by atoms with Crippen LogP contribution in [0.2, 0.25) is 0 Å². The smallest absolute Gasteiger partial charge is 0.236 e. The van der Waals surface area contributed by atoms with Crippen molar-refractivity contribution in [3.05, 3.63) is 11.6 Å². The third-order valence-electron chi connectivity index (χ3n) is 2.29. The fraction of sp³-hybridized carbons (Fsp3) is 0.700. The summed E-state index contributed by atoms with van der Waals surface area (Å²) in [6.07, 6.45) is 6.94. The summed E-state index contributed by atoms with van der Waals surface area (Å²) in [5, 5.41) is 2.80. The molecule has 1 aliphatic rings. The van der Waals surface area contributed by atoms with Crippen LogP contribution >= 0.6 is 0 Å². The second-order valence-electron chi connectivity index (χ2n) is 3.58. The molecule has 0 heterocycles. The van der Waals surface area contributed by atoms with Crippen LogP contribution in [-0.4, -0.2) is 18.5 Å². The topological polar surface area (TPSA) is 55.1 Å². The molecular weight excluding hydrogens is 164 g/mol. The molecular formula is C10H18N2O. The first-order valence-corrected chi connectivity index (χ1v) is 4.91. The first kappa shape index (κ1) is 10.3. The SMILES string of the molecule is CC(N)C(=O)NCCC1=CCCC1. The van der Waals surface area contributed by atoms with Gasteiger partial charge in [-0.25, -0.2) is 0 Å². The number of hydrogen-bond acceptors (Lipinski definition) is 2. The van der Waals surface area contributed by atoms with E-state index in [1.165, 1.54) is 24.8 Å². The molecule has 0 radical (unpaired) electrons. The van der Waals surface area contributed by atoms with Gasteiger partial charge in [0.2, 0.25) is 5.91 Å². The third-order valence-corrected chi connectivity index (χ3v) is 2.29. The molecule has 13 heavy (non-hydrogen) atoms. The van der Waals surface area contributed by atoms with E-state index >= 15 is 0 Å². The molecule has 0 spiro atoms. The van der Waals surface area contributed by atoms with E-state index in [4.69, 9.17) is 5.73 Å². The largest absolute Gasteiger partial charge is 0.354 e. The lowest BCUT2D eigenvalue weighted by Gasteiger charge is -2.07. The van der Waals surface area contributed by atoms with Crippen molar-refractivity contribution in [3.63, 3.8) is 0 Å². The van der Waals surface area contributed by atoms with Crippen LogP contribution in [0.25, 0.3) is 0 Å². The van der Waals surface area contributed by atoms with Crippen molar-refractivity contribution in [2.24, 2.45) is 5.73 Å². The van der Waals surface area contributed by atoms with E-state index in [0.717, 1.165) is 13.0 Å². The highest BCUT2D eigenvalue weighted by atomic mass is 16.2. The fourth-order valence-electron chi connectivity index (χ4n) is 1.47. The van der Waals surface area contributed by atoms with Gasteiger partial charge in [0.15, 0.2) is 0 Å². The van der Waals surface area contributed by atoms with Gasteiger partial charge in [0, 0.05) is 6.54 Å². The summed E-state index contributed by atoms with van der Waals surface area (Å²) in [7, 11) is 0. The van der Waals surface area contributed by atoms with Crippen LogP contribution in [0.3, 0.4) is 0 Å². The molecule has 1 rings (SSSR count). The molecule has 0 aromatic rings. The number of allylic oxidation sites excluding steroid dienone is 1. The molecule has 0 aliphatic heterocycles. The molecule has 74 valence electrons. The predicted octanol–water partition coefficient (Wildman–Crippen LogP) is 0.950. The Hall–Kier alpha value is -0.830. The Morgan fingerprint density at radius 1 is 1.77 bits per heavy atom. The van der Waals surface area contributed by atoms with E-state index in [2.05, 4.69) is 11.4 Å². The molecule has 3 nitrogen and oxygen atoms in total. The molecule has 1 atom stereocenters. The van der Waals surface area contributed by atoms with Gasteiger partial charge in [-0.05, 0) is 32.6 Å². The maximum absolute atomic E-state index is 11.1. The summed E-state index contributed by atoms with van der Waals surface area (Å²) in [5.41, 5.74) is 6.88. The molecule has 3 N–H and O–H groups in total. The van der Waals surface area contributed by atoms with Gasteiger partial charge in [-0.15, -0.1) is 0 Å². The molecule has 0 fully saturated rings. The van der Waals surface area contributed by atoms with Crippen LogP contribution in [-0.2, 0) is 4.79 Å². The highest BCUT2D eigenvalue weighted by molar-refractivity contribution is 5.80. The molecule has 0 saturated carbocycles. The van der Waals surface area contributed by atoms with Crippen LogP contribution in [0, 0.1) is 0 Å². The van der Waals surface area contributed by atoms with Crippen LogP contribution in [0.5, 0.6) is 0 Å². The van der Waals surface area contributed by atoms with Crippen LogP contribution in [0.1, 0.15) is 32.6 Å². The van der Waals surface area contributed by atoms with Gasteiger partial charge in [-0.2, -0.15) is 0 Å². The van der Waals surface area contributed by atoms with Crippen molar-refractivity contribution >= 4 is 5.91 Å². The molecule has 3 heteroatoms. The van der Waals surface area contributed by atoms with Crippen molar-refractivity contribution in [2.75, 3.05) is 6.54 Å². The molecule has 1 aliphatic carbocycles. The molecule has 0 aromatic heterocycles. The van der Waals surface area contributed by atoms with Gasteiger partial charge >= 0.3 is 0 Å². The van der Waals surface area contributed by atoms with Crippen molar-refractivity contribution in [3.8, 4) is 0 Å². The second kappa shape index (κ2) is 5.02. The average Bonchev–Trinajstić information content (AvgIpc) is 2.56. The Bertz CT molecular complexity index is 209. The lowest BCUT2D eigenvalue weighted by molar-refractivity contribution is -0.121. The van der Waals surface area contributed by atoms with Gasteiger partial charge in [0.05, 0.1) is 6.04 Å². The normalized spacial score (nSPS) is 18.2. The zero-order chi connectivity index (χ0) is 9.68. The highest BCUT2D eigenvalue weighted by Gasteiger charge is 2.07. The van der Waals surface area contributed by atoms with Crippen LogP contribution in [0.15, 0.2) is 11.6 Å². The van der Waals surface area contributed by atoms with Gasteiger partial charge in [-0.1, -0.05) is 11.6 Å². The summed E-state index contributed by atoms with van der Waals surface area (Å²) in [6, 6.07) is -0.391. The van der Waals surface area contributed by atoms with E-state index in [1.807, 2.05) is 0 Å². The highest BCUT2D eigenvalue weighted by Crippen LogP contribution is 2.19. The number of hydrogen-bond donors (Lipinski definition) is 2. The number of nitrogens with two attached hydrogens (primary N) is 1. The van der Waals surface area contributed by atoms with E-state index in [9.17, 15) is 4.79 Å². The van der Waals surface area contributed by atoms with Gasteiger partial charge in [0.25, 0.3) is 0 Å². The Labute approximate surface area is 79.4 Å². The number of amides is 1. The molecule has 0 aromatic carbocycles. The van der Waals surface area contributed by atoms with Crippen molar-refractivity contribution in [1.29, 1.82) is 0 Å². The number of nitrogens with one attached hydrogen (secondary N) is 1. The van der Waals surface area contributed by atoms with Gasteiger partial charge in [0.1, 0.15) is 0 Å². The standard InChI is InChI=1S/C10H18N2O/c1-8(11)10(13)12-7-6-9-4-2-3-5-9/h4,8H,2-3,5-7,11H2,1H3,(H,12,13). The Morgan fingerprint density at radius 2 is 2.54 bits per heavy atom. The lowest BCUT2D eigenvalue weighted by Crippen LogP contribution is -2.38. The first-order chi connectivity index (χ1) is 6.20. The molecule has 0 bridgehead atoms. The van der Waals surface area contributed by atoms with Gasteiger partial charge in [-0.3, -0.25) is 4.79 Å². The summed E-state index contributed by atoms with van der Waals surface area (Å²) < 4.78 is 0. The minimum atomic E-state index is -0.391. The van der Waals surface area contributed by atoms with Crippen molar-refractivity contribution < 1.29 is 4.79 Å². The molecule has 1 amide bonds. The Balaban J connectivity index is 2.10. The zero-order valence-electron chi connectivity index (χ0n) is 8.18. The maximum Gasteiger partial charge on any atom is 0.236 e. The quantitative estimate of drug-likeness (QED) is 0.636. The van der Waals surface area contributed by atoms with Gasteiger partial charge < -0.3 is 11.1 Å². The number of carbonyl (C=O) groups is 1. The Morgan fingerprint density at radius 3 is 3.08 bits per heavy atom. The zero-order valence-corrected chi connectivity index (χ0v) is 8.18.